The van der Waals surface area contributed by atoms with Gasteiger partial charge in [0.05, 0.1) is 4.90 Å². The molecule has 0 spiro atoms. The Morgan fingerprint density at radius 3 is 2.24 bits per heavy atom. The molecule has 0 fully saturated rings. The van der Waals surface area contributed by atoms with Crippen LogP contribution in [0.1, 0.15) is 8.42 Å². The molecule has 2 N–H and O–H groups in total. The summed E-state index contributed by atoms with van der Waals surface area (Å²) in [7, 11) is -4.20. The van der Waals surface area contributed by atoms with E-state index >= 15 is 0 Å². The standard InChI is InChI=1S/C19H16N2O5S.2Na.2H/c22-18(17(19(23)24)11-13-7-9-20-10-8-13)21-27(25,26)16-6-5-14-3-1-2-4-15(14)12-16;;;;/h1-10,12,17H,11H2,(H,21,22)(H,23,24);;;;/q;2*+1;2*-1. The summed E-state index contributed by atoms with van der Waals surface area (Å²) < 4.78 is 26.9. The Bertz CT molecular complexity index is 1120. The number of amides is 1. The van der Waals surface area contributed by atoms with Crippen LogP contribution in [0.3, 0.4) is 0 Å². The minimum Gasteiger partial charge on any atom is -1.00 e. The number of fused-ring (bicyclic) bond motifs is 1. The van der Waals surface area contributed by atoms with Gasteiger partial charge in [0, 0.05) is 12.4 Å². The minimum absolute atomic E-state index is 0. The van der Waals surface area contributed by atoms with Crippen molar-refractivity contribution < 1.29 is 85.1 Å². The molecule has 3 aromatic rings. The number of carbonyl (C=O) groups is 2. The van der Waals surface area contributed by atoms with Crippen molar-refractivity contribution in [3.8, 4) is 0 Å². The zero-order valence-electron chi connectivity index (χ0n) is 18.1. The monoisotopic (exact) mass is 432 g/mol. The topological polar surface area (TPSA) is 113 Å². The number of carboxylic acids is 1. The second kappa shape index (κ2) is 11.2. The molecule has 7 nitrogen and oxygen atoms in total. The van der Waals surface area contributed by atoms with Crippen molar-refractivity contribution in [3.05, 3.63) is 72.6 Å². The molecule has 0 aliphatic rings. The first-order valence-corrected chi connectivity index (χ1v) is 9.52. The second-order valence-corrected chi connectivity index (χ2v) is 7.61. The van der Waals surface area contributed by atoms with Crippen LogP contribution in [0.4, 0.5) is 0 Å². The van der Waals surface area contributed by atoms with Crippen molar-refractivity contribution in [2.24, 2.45) is 5.92 Å². The number of aromatic nitrogens is 1. The van der Waals surface area contributed by atoms with E-state index in [1.54, 1.807) is 30.3 Å². The van der Waals surface area contributed by atoms with Gasteiger partial charge in [0.15, 0.2) is 0 Å². The molecule has 0 aliphatic heterocycles. The van der Waals surface area contributed by atoms with Crippen LogP contribution in [-0.2, 0) is 26.0 Å². The van der Waals surface area contributed by atoms with Gasteiger partial charge in [-0.15, -0.1) is 0 Å². The maximum Gasteiger partial charge on any atom is 1.00 e. The van der Waals surface area contributed by atoms with Crippen molar-refractivity contribution >= 4 is 32.7 Å². The Morgan fingerprint density at radius 1 is 1.00 bits per heavy atom. The van der Waals surface area contributed by atoms with E-state index in [1.807, 2.05) is 16.9 Å². The van der Waals surface area contributed by atoms with E-state index in [-0.39, 0.29) is 73.3 Å². The number of aliphatic carboxylic acids is 1. The van der Waals surface area contributed by atoms with Gasteiger partial charge in [-0.05, 0) is 47.0 Å². The van der Waals surface area contributed by atoms with E-state index in [0.717, 1.165) is 5.39 Å². The van der Waals surface area contributed by atoms with Gasteiger partial charge in [0.1, 0.15) is 5.92 Å². The zero-order chi connectivity index (χ0) is 19.4. The van der Waals surface area contributed by atoms with Crippen LogP contribution in [0.2, 0.25) is 0 Å². The van der Waals surface area contributed by atoms with Crippen molar-refractivity contribution in [1.82, 2.24) is 9.71 Å². The predicted octanol–water partition coefficient (Wildman–Crippen LogP) is -3.78. The molecule has 0 aliphatic carbocycles. The van der Waals surface area contributed by atoms with Crippen molar-refractivity contribution in [1.29, 1.82) is 0 Å². The second-order valence-electron chi connectivity index (χ2n) is 5.93. The fourth-order valence-electron chi connectivity index (χ4n) is 2.64. The fourth-order valence-corrected chi connectivity index (χ4v) is 3.70. The third kappa shape index (κ3) is 6.62. The molecular formula is C19H18N2Na2O5S. The maximum absolute atomic E-state index is 12.5. The summed E-state index contributed by atoms with van der Waals surface area (Å²) >= 11 is 0. The average Bonchev–Trinajstić information content (AvgIpc) is 2.66. The Labute approximate surface area is 215 Å². The number of benzene rings is 2. The summed E-state index contributed by atoms with van der Waals surface area (Å²) in [4.78, 5) is 27.5. The number of nitrogens with one attached hydrogen (secondary N) is 1. The van der Waals surface area contributed by atoms with E-state index in [4.69, 9.17) is 0 Å². The number of carbonyl (C=O) groups excluding carboxylic acids is 1. The minimum atomic E-state index is -4.20. The van der Waals surface area contributed by atoms with Gasteiger partial charge in [0.25, 0.3) is 10.0 Å². The summed E-state index contributed by atoms with van der Waals surface area (Å²) in [5.74, 6) is -4.03. The SMILES string of the molecule is O=C(O)C(Cc1ccncc1)C(=O)NS(=O)(=O)c1ccc2ccccc2c1.[H-].[H-].[Na+].[Na+]. The Balaban J connectivity index is 0. The summed E-state index contributed by atoms with van der Waals surface area (Å²) in [5, 5.41) is 10.9. The summed E-state index contributed by atoms with van der Waals surface area (Å²) in [5.41, 5.74) is 0.565. The molecule has 0 saturated carbocycles. The number of sulfonamides is 1. The van der Waals surface area contributed by atoms with Crippen LogP contribution in [-0.4, -0.2) is 30.4 Å². The van der Waals surface area contributed by atoms with Crippen LogP contribution >= 0.6 is 0 Å². The molecule has 29 heavy (non-hydrogen) atoms. The van der Waals surface area contributed by atoms with E-state index in [9.17, 15) is 23.1 Å². The van der Waals surface area contributed by atoms with Gasteiger partial charge in [-0.2, -0.15) is 0 Å². The van der Waals surface area contributed by atoms with Crippen LogP contribution in [0.15, 0.2) is 71.9 Å². The first-order valence-electron chi connectivity index (χ1n) is 8.04. The number of carboxylic acid groups (broad SMARTS) is 1. The molecule has 0 saturated heterocycles. The van der Waals surface area contributed by atoms with E-state index in [1.165, 1.54) is 24.5 Å². The molecule has 1 aromatic heterocycles. The predicted molar refractivity (Wildman–Crippen MR) is 101 cm³/mol. The van der Waals surface area contributed by atoms with Crippen LogP contribution in [0, 0.1) is 5.92 Å². The van der Waals surface area contributed by atoms with Gasteiger partial charge in [-0.3, -0.25) is 14.6 Å². The molecule has 1 heterocycles. The molecule has 2 aromatic carbocycles. The molecule has 0 bridgehead atoms. The summed E-state index contributed by atoms with van der Waals surface area (Å²) in [6.45, 7) is 0. The number of nitrogens with zero attached hydrogens (tertiary/aromatic N) is 1. The fraction of sp³-hybridized carbons (Fsp3) is 0.105. The molecule has 142 valence electrons. The number of hydrogen-bond acceptors (Lipinski definition) is 5. The molecule has 1 unspecified atom stereocenters. The number of hydrogen-bond donors (Lipinski definition) is 2. The van der Waals surface area contributed by atoms with E-state index in [2.05, 4.69) is 4.98 Å². The van der Waals surface area contributed by atoms with Gasteiger partial charge in [-0.25, -0.2) is 13.1 Å². The molecule has 3 rings (SSSR count). The Hall–Kier alpha value is -1.26. The van der Waals surface area contributed by atoms with Gasteiger partial charge < -0.3 is 7.96 Å². The molecular weight excluding hydrogens is 414 g/mol. The maximum atomic E-state index is 12.5. The number of pyridine rings is 1. The van der Waals surface area contributed by atoms with Crippen LogP contribution < -0.4 is 63.8 Å². The number of rotatable bonds is 6. The normalized spacial score (nSPS) is 11.6. The van der Waals surface area contributed by atoms with Crippen LogP contribution in [0.5, 0.6) is 0 Å². The molecule has 1 amide bonds. The first-order chi connectivity index (χ1) is 12.9. The summed E-state index contributed by atoms with van der Waals surface area (Å²) in [6.07, 6.45) is 2.80. The Kier molecular flexibility index (Phi) is 9.97. The first kappa shape index (κ1) is 25.8. The van der Waals surface area contributed by atoms with Gasteiger partial charge in [0.2, 0.25) is 5.91 Å². The van der Waals surface area contributed by atoms with E-state index in [0.29, 0.717) is 10.9 Å². The van der Waals surface area contributed by atoms with E-state index < -0.39 is 27.8 Å². The molecule has 0 radical (unpaired) electrons. The summed E-state index contributed by atoms with van der Waals surface area (Å²) in [6, 6.07) is 14.8. The van der Waals surface area contributed by atoms with Gasteiger partial charge >= 0.3 is 65.1 Å². The smallest absolute Gasteiger partial charge is 1.00 e. The molecule has 1 atom stereocenters. The third-order valence-corrected chi connectivity index (χ3v) is 5.41. The molecule has 10 heteroatoms. The third-order valence-electron chi connectivity index (χ3n) is 4.07. The van der Waals surface area contributed by atoms with Crippen molar-refractivity contribution in [2.45, 2.75) is 11.3 Å². The Morgan fingerprint density at radius 2 is 1.62 bits per heavy atom. The average molecular weight is 432 g/mol. The largest absolute Gasteiger partial charge is 1.00 e. The zero-order valence-corrected chi connectivity index (χ0v) is 20.9. The van der Waals surface area contributed by atoms with Crippen molar-refractivity contribution in [2.75, 3.05) is 0 Å². The quantitative estimate of drug-likeness (QED) is 0.305. The van der Waals surface area contributed by atoms with Crippen LogP contribution in [0.25, 0.3) is 10.8 Å². The van der Waals surface area contributed by atoms with Gasteiger partial charge in [-0.1, -0.05) is 30.3 Å². The van der Waals surface area contributed by atoms with Crippen molar-refractivity contribution in [3.63, 3.8) is 0 Å².